The molecule has 21 heavy (non-hydrogen) atoms. The molecule has 0 heterocycles. The molecule has 0 aromatic heterocycles. The number of hydrogen-bond donors (Lipinski definition) is 1. The molecule has 3 heteroatoms. The Morgan fingerprint density at radius 3 is 2.14 bits per heavy atom. The minimum absolute atomic E-state index is 0.183. The summed E-state index contributed by atoms with van der Waals surface area (Å²) in [5.41, 5.74) is 8.80. The zero-order valence-electron chi connectivity index (χ0n) is 12.8. The van der Waals surface area contributed by atoms with E-state index in [1.165, 1.54) is 11.6 Å². The van der Waals surface area contributed by atoms with E-state index >= 15 is 0 Å². The molecule has 0 bridgehead atoms. The van der Waals surface area contributed by atoms with Gasteiger partial charge in [-0.2, -0.15) is 0 Å². The fourth-order valence-corrected chi connectivity index (χ4v) is 2.08. The molecular weight excluding hydrogens is 265 g/mol. The van der Waals surface area contributed by atoms with Crippen molar-refractivity contribution in [2.45, 2.75) is 39.3 Å². The van der Waals surface area contributed by atoms with Gasteiger partial charge in [0.25, 0.3) is 0 Å². The summed E-state index contributed by atoms with van der Waals surface area (Å²) in [6.45, 7) is 6.49. The van der Waals surface area contributed by atoms with Crippen molar-refractivity contribution < 1.29 is 9.13 Å². The molecule has 0 unspecified atom stereocenters. The van der Waals surface area contributed by atoms with Gasteiger partial charge in [-0.1, -0.05) is 44.2 Å². The van der Waals surface area contributed by atoms with Gasteiger partial charge in [-0.15, -0.1) is 0 Å². The summed E-state index contributed by atoms with van der Waals surface area (Å²) in [4.78, 5) is 0. The second-order valence-electron chi connectivity index (χ2n) is 5.66. The average molecular weight is 287 g/mol. The van der Waals surface area contributed by atoms with E-state index < -0.39 is 0 Å². The predicted molar refractivity (Wildman–Crippen MR) is 83.9 cm³/mol. The van der Waals surface area contributed by atoms with E-state index in [0.29, 0.717) is 12.5 Å². The summed E-state index contributed by atoms with van der Waals surface area (Å²) < 4.78 is 19.4. The van der Waals surface area contributed by atoms with Crippen LogP contribution in [0.5, 0.6) is 5.75 Å². The number of benzene rings is 2. The van der Waals surface area contributed by atoms with Crippen molar-refractivity contribution in [2.24, 2.45) is 5.73 Å². The van der Waals surface area contributed by atoms with Crippen LogP contribution in [0.4, 0.5) is 4.39 Å². The Kier molecular flexibility index (Phi) is 4.97. The molecule has 2 aromatic rings. The predicted octanol–water partition coefficient (Wildman–Crippen LogP) is 4.55. The number of halogens is 1. The van der Waals surface area contributed by atoms with E-state index in [9.17, 15) is 4.39 Å². The lowest BCUT2D eigenvalue weighted by molar-refractivity contribution is 0.290. The lowest BCUT2D eigenvalue weighted by atomic mass is 10.0. The first kappa shape index (κ1) is 15.5. The van der Waals surface area contributed by atoms with Crippen LogP contribution in [0.3, 0.4) is 0 Å². The molecule has 0 saturated carbocycles. The van der Waals surface area contributed by atoms with Crippen LogP contribution in [0.2, 0.25) is 0 Å². The van der Waals surface area contributed by atoms with Crippen molar-refractivity contribution in [2.75, 3.05) is 0 Å². The van der Waals surface area contributed by atoms with Crippen LogP contribution < -0.4 is 10.5 Å². The molecule has 1 atom stereocenters. The van der Waals surface area contributed by atoms with E-state index in [4.69, 9.17) is 10.5 Å². The highest BCUT2D eigenvalue weighted by molar-refractivity contribution is 5.31. The standard InChI is InChI=1S/C18H22FNO/c1-12(2)15-6-4-14(5-7-15)11-21-18-9-8-16(13(3)20)10-17(18)19/h4-10,12-13H,11,20H2,1-3H3/t13-/m1/s1. The molecular formula is C18H22FNO. The average Bonchev–Trinajstić information content (AvgIpc) is 2.46. The molecule has 2 N–H and O–H groups in total. The van der Waals surface area contributed by atoms with Crippen molar-refractivity contribution >= 4 is 0 Å². The van der Waals surface area contributed by atoms with Crippen molar-refractivity contribution in [1.29, 1.82) is 0 Å². The van der Waals surface area contributed by atoms with E-state index in [1.54, 1.807) is 12.1 Å². The Balaban J connectivity index is 2.02. The van der Waals surface area contributed by atoms with Gasteiger partial charge in [0.15, 0.2) is 11.6 Å². The van der Waals surface area contributed by atoms with Gasteiger partial charge in [0, 0.05) is 6.04 Å². The van der Waals surface area contributed by atoms with Gasteiger partial charge in [-0.25, -0.2) is 4.39 Å². The number of ether oxygens (including phenoxy) is 1. The molecule has 0 aliphatic rings. The number of nitrogens with two attached hydrogens (primary N) is 1. The Bertz CT molecular complexity index is 591. The highest BCUT2D eigenvalue weighted by Crippen LogP contribution is 2.22. The van der Waals surface area contributed by atoms with Crippen LogP contribution in [-0.2, 0) is 6.61 Å². The molecule has 0 radical (unpaired) electrons. The normalized spacial score (nSPS) is 12.5. The third-order valence-corrected chi connectivity index (χ3v) is 3.52. The Morgan fingerprint density at radius 1 is 1.00 bits per heavy atom. The SMILES string of the molecule is CC(C)c1ccc(COc2ccc([C@@H](C)N)cc2F)cc1. The van der Waals surface area contributed by atoms with Crippen LogP contribution in [0.15, 0.2) is 42.5 Å². The molecule has 0 fully saturated rings. The minimum atomic E-state index is -0.372. The number of rotatable bonds is 5. The first-order valence-corrected chi connectivity index (χ1v) is 7.24. The summed E-state index contributed by atoms with van der Waals surface area (Å²) in [6, 6.07) is 12.9. The van der Waals surface area contributed by atoms with Gasteiger partial charge >= 0.3 is 0 Å². The summed E-state index contributed by atoms with van der Waals surface area (Å²) in [5, 5.41) is 0. The third-order valence-electron chi connectivity index (χ3n) is 3.52. The molecule has 0 aliphatic heterocycles. The van der Waals surface area contributed by atoms with Gasteiger partial charge in [0.2, 0.25) is 0 Å². The summed E-state index contributed by atoms with van der Waals surface area (Å²) in [7, 11) is 0. The topological polar surface area (TPSA) is 35.2 Å². The van der Waals surface area contributed by atoms with Crippen LogP contribution in [0.1, 0.15) is 49.4 Å². The molecule has 0 aliphatic carbocycles. The largest absolute Gasteiger partial charge is 0.486 e. The lowest BCUT2D eigenvalue weighted by Crippen LogP contribution is -2.06. The molecule has 0 spiro atoms. The van der Waals surface area contributed by atoms with Gasteiger partial charge in [-0.3, -0.25) is 0 Å². The Morgan fingerprint density at radius 2 is 1.62 bits per heavy atom. The van der Waals surface area contributed by atoms with Gasteiger partial charge < -0.3 is 10.5 Å². The van der Waals surface area contributed by atoms with E-state index in [0.717, 1.165) is 11.1 Å². The fraction of sp³-hybridized carbons (Fsp3) is 0.333. The molecule has 0 saturated heterocycles. The molecule has 2 nitrogen and oxygen atoms in total. The van der Waals surface area contributed by atoms with Gasteiger partial charge in [0.05, 0.1) is 0 Å². The summed E-state index contributed by atoms with van der Waals surface area (Å²) in [5.74, 6) is 0.388. The highest BCUT2D eigenvalue weighted by atomic mass is 19.1. The van der Waals surface area contributed by atoms with Crippen LogP contribution in [0, 0.1) is 5.82 Å². The Hall–Kier alpha value is -1.87. The van der Waals surface area contributed by atoms with E-state index in [-0.39, 0.29) is 17.6 Å². The monoisotopic (exact) mass is 287 g/mol. The smallest absolute Gasteiger partial charge is 0.165 e. The summed E-state index contributed by atoms with van der Waals surface area (Å²) in [6.07, 6.45) is 0. The maximum absolute atomic E-state index is 13.9. The van der Waals surface area contributed by atoms with Gasteiger partial charge in [0.1, 0.15) is 6.61 Å². The van der Waals surface area contributed by atoms with Crippen molar-refractivity contribution in [1.82, 2.24) is 0 Å². The van der Waals surface area contributed by atoms with E-state index in [2.05, 4.69) is 26.0 Å². The molecule has 112 valence electrons. The lowest BCUT2D eigenvalue weighted by Gasteiger charge is -2.11. The fourth-order valence-electron chi connectivity index (χ4n) is 2.08. The first-order chi connectivity index (χ1) is 9.97. The zero-order chi connectivity index (χ0) is 15.4. The van der Waals surface area contributed by atoms with Crippen molar-refractivity contribution in [3.63, 3.8) is 0 Å². The van der Waals surface area contributed by atoms with Crippen LogP contribution >= 0.6 is 0 Å². The number of hydrogen-bond acceptors (Lipinski definition) is 2. The molecule has 2 aromatic carbocycles. The van der Waals surface area contributed by atoms with Crippen LogP contribution in [-0.4, -0.2) is 0 Å². The second kappa shape index (κ2) is 6.72. The third kappa shape index (κ3) is 4.05. The Labute approximate surface area is 125 Å². The summed E-state index contributed by atoms with van der Waals surface area (Å²) >= 11 is 0. The van der Waals surface area contributed by atoms with Crippen molar-refractivity contribution in [3.8, 4) is 5.75 Å². The highest BCUT2D eigenvalue weighted by Gasteiger charge is 2.07. The van der Waals surface area contributed by atoms with Crippen molar-refractivity contribution in [3.05, 3.63) is 65.0 Å². The molecule has 2 rings (SSSR count). The zero-order valence-corrected chi connectivity index (χ0v) is 12.8. The van der Waals surface area contributed by atoms with Crippen LogP contribution in [0.25, 0.3) is 0 Å². The maximum atomic E-state index is 13.9. The first-order valence-electron chi connectivity index (χ1n) is 7.24. The van der Waals surface area contributed by atoms with E-state index in [1.807, 2.05) is 19.1 Å². The second-order valence-corrected chi connectivity index (χ2v) is 5.66. The quantitative estimate of drug-likeness (QED) is 0.875. The maximum Gasteiger partial charge on any atom is 0.165 e. The van der Waals surface area contributed by atoms with Gasteiger partial charge in [-0.05, 0) is 41.7 Å². The molecule has 0 amide bonds. The minimum Gasteiger partial charge on any atom is -0.486 e.